The van der Waals surface area contributed by atoms with Crippen molar-refractivity contribution in [1.29, 1.82) is 0 Å². The fourth-order valence-corrected chi connectivity index (χ4v) is 8.59. The Morgan fingerprint density at radius 3 is 1.16 bits per heavy atom. The van der Waals surface area contributed by atoms with Gasteiger partial charge in [0, 0.05) is 22.3 Å². The van der Waals surface area contributed by atoms with Crippen LogP contribution in [0.15, 0.2) is 223 Å². The Morgan fingerprint density at radius 1 is 0.306 bits per heavy atom. The number of aliphatic imine (C=N–C) groups is 1. The monoisotopic (exact) mass is 796 g/mol. The number of fused-ring (bicyclic) bond motifs is 3. The first-order valence-corrected chi connectivity index (χ1v) is 21.0. The van der Waals surface area contributed by atoms with Crippen molar-refractivity contribution in [2.24, 2.45) is 4.99 Å². The maximum atomic E-state index is 5.12. The molecule has 0 amide bonds. The Hall–Kier alpha value is -8.06. The molecule has 2 unspecified atom stereocenters. The van der Waals surface area contributed by atoms with Gasteiger partial charge in [-0.2, -0.15) is 0 Å². The lowest BCUT2D eigenvalue weighted by molar-refractivity contribution is 0.409. The molecule has 0 saturated carbocycles. The number of benzene rings is 9. The molecule has 0 spiro atoms. The second kappa shape index (κ2) is 16.2. The molecule has 0 fully saturated rings. The lowest BCUT2D eigenvalue weighted by atomic mass is 9.84. The summed E-state index contributed by atoms with van der Waals surface area (Å²) in [6.45, 7) is 0. The highest BCUT2D eigenvalue weighted by molar-refractivity contribution is 6.21. The molecule has 1 aliphatic rings. The second-order valence-corrected chi connectivity index (χ2v) is 15.5. The second-order valence-electron chi connectivity index (χ2n) is 15.5. The number of rotatable bonds is 8. The average molecular weight is 797 g/mol. The number of hydrogen-bond acceptors (Lipinski definition) is 6. The summed E-state index contributed by atoms with van der Waals surface area (Å²) in [6, 6.07) is 76.2. The smallest absolute Gasteiger partial charge is 0.164 e. The van der Waals surface area contributed by atoms with Gasteiger partial charge in [0.15, 0.2) is 17.5 Å². The standard InChI is InChI=1S/C56H40N6/c1-5-17-39(18-6-1)51-57-52(40-19-7-2-8-20-40)60-55(59-51)43-33-29-37(30-34-43)49-47-27-15-13-25-45(47)46-26-14-16-28-48(46)50(49)38-31-35-44(36-32-38)56-61-53(41-21-9-3-10-22-41)58-54(62-56)42-23-11-4-12-24-42/h1-36,51,55,59H,(H,57,60). The van der Waals surface area contributed by atoms with Crippen LogP contribution in [-0.4, -0.2) is 20.8 Å². The van der Waals surface area contributed by atoms with Gasteiger partial charge in [-0.05, 0) is 54.9 Å². The van der Waals surface area contributed by atoms with Crippen molar-refractivity contribution in [2.45, 2.75) is 12.3 Å². The summed E-state index contributed by atoms with van der Waals surface area (Å²) in [6.07, 6.45) is -0.369. The van der Waals surface area contributed by atoms with Crippen LogP contribution in [0.4, 0.5) is 0 Å². The summed E-state index contributed by atoms with van der Waals surface area (Å²) in [5, 5.41) is 12.3. The van der Waals surface area contributed by atoms with Gasteiger partial charge in [0.05, 0.1) is 0 Å². The predicted molar refractivity (Wildman–Crippen MR) is 253 cm³/mol. The van der Waals surface area contributed by atoms with Gasteiger partial charge in [-0.1, -0.05) is 218 Å². The molecule has 2 heterocycles. The third kappa shape index (κ3) is 7.08. The van der Waals surface area contributed by atoms with Gasteiger partial charge in [-0.15, -0.1) is 0 Å². The van der Waals surface area contributed by atoms with Crippen molar-refractivity contribution < 1.29 is 0 Å². The van der Waals surface area contributed by atoms with Gasteiger partial charge >= 0.3 is 0 Å². The first kappa shape index (κ1) is 37.0. The van der Waals surface area contributed by atoms with Crippen LogP contribution in [0.2, 0.25) is 0 Å². The van der Waals surface area contributed by atoms with Gasteiger partial charge in [0.25, 0.3) is 0 Å². The van der Waals surface area contributed by atoms with Crippen LogP contribution in [0.3, 0.4) is 0 Å². The zero-order chi connectivity index (χ0) is 41.2. The summed E-state index contributed by atoms with van der Waals surface area (Å²) in [4.78, 5) is 20.0. The maximum Gasteiger partial charge on any atom is 0.164 e. The van der Waals surface area contributed by atoms with Crippen molar-refractivity contribution in [3.8, 4) is 56.4 Å². The molecule has 11 rings (SSSR count). The Morgan fingerprint density at radius 2 is 0.677 bits per heavy atom. The van der Waals surface area contributed by atoms with Crippen LogP contribution in [0.5, 0.6) is 0 Å². The third-order valence-electron chi connectivity index (χ3n) is 11.6. The van der Waals surface area contributed by atoms with Crippen LogP contribution in [-0.2, 0) is 0 Å². The minimum Gasteiger partial charge on any atom is -0.350 e. The van der Waals surface area contributed by atoms with Gasteiger partial charge in [0.1, 0.15) is 18.2 Å². The van der Waals surface area contributed by atoms with Crippen molar-refractivity contribution >= 4 is 27.4 Å². The van der Waals surface area contributed by atoms with Crippen LogP contribution in [0, 0.1) is 0 Å². The van der Waals surface area contributed by atoms with E-state index < -0.39 is 0 Å². The lowest BCUT2D eigenvalue weighted by Gasteiger charge is -2.32. The largest absolute Gasteiger partial charge is 0.350 e. The number of aromatic nitrogens is 3. The first-order valence-electron chi connectivity index (χ1n) is 21.0. The fraction of sp³-hybridized carbons (Fsp3) is 0.0357. The molecular formula is C56H40N6. The van der Waals surface area contributed by atoms with E-state index >= 15 is 0 Å². The Kier molecular flexibility index (Phi) is 9.65. The topological polar surface area (TPSA) is 75.1 Å². The van der Waals surface area contributed by atoms with E-state index in [1.165, 1.54) is 32.7 Å². The molecule has 0 aliphatic carbocycles. The molecule has 9 aromatic carbocycles. The van der Waals surface area contributed by atoms with Gasteiger partial charge in [0.2, 0.25) is 0 Å². The highest BCUT2D eigenvalue weighted by Crippen LogP contribution is 2.45. The van der Waals surface area contributed by atoms with Crippen LogP contribution in [0.25, 0.3) is 78.0 Å². The lowest BCUT2D eigenvalue weighted by Crippen LogP contribution is -2.44. The van der Waals surface area contributed by atoms with Crippen molar-refractivity contribution in [2.75, 3.05) is 0 Å². The Balaban J connectivity index is 1.01. The summed E-state index contributed by atoms with van der Waals surface area (Å²) < 4.78 is 0. The maximum absolute atomic E-state index is 5.12. The minimum atomic E-state index is -0.205. The van der Waals surface area contributed by atoms with E-state index in [0.29, 0.717) is 17.5 Å². The van der Waals surface area contributed by atoms with Gasteiger partial charge in [-0.25, -0.2) is 19.9 Å². The molecule has 6 heteroatoms. The van der Waals surface area contributed by atoms with E-state index in [9.17, 15) is 0 Å². The van der Waals surface area contributed by atoms with E-state index in [1.54, 1.807) is 0 Å². The molecule has 10 aromatic rings. The molecule has 1 aromatic heterocycles. The SMILES string of the molecule is c1ccc(C2=NC(c3ccccc3)NC(c3ccc(-c4c(-c5ccc(-c6nc(-c7ccccc7)nc(-c7ccccc7)n6)cc5)c5ccccc5c5ccccc45)cc3)N2)cc1. The van der Waals surface area contributed by atoms with Crippen LogP contribution in [0.1, 0.15) is 29.0 Å². The normalized spacial score (nSPS) is 14.9. The number of amidine groups is 1. The van der Waals surface area contributed by atoms with Gasteiger partial charge in [-0.3, -0.25) is 5.32 Å². The molecule has 1 aliphatic heterocycles. The molecule has 294 valence electrons. The molecule has 0 saturated heterocycles. The summed E-state index contributed by atoms with van der Waals surface area (Å²) in [5.74, 6) is 2.77. The van der Waals surface area contributed by atoms with E-state index in [0.717, 1.165) is 50.3 Å². The van der Waals surface area contributed by atoms with Crippen LogP contribution < -0.4 is 10.6 Å². The highest BCUT2D eigenvalue weighted by atomic mass is 15.3. The quantitative estimate of drug-likeness (QED) is 0.150. The number of nitrogens with zero attached hydrogens (tertiary/aromatic N) is 4. The van der Waals surface area contributed by atoms with Crippen molar-refractivity contribution in [1.82, 2.24) is 25.6 Å². The number of hydrogen-bond donors (Lipinski definition) is 2. The summed E-state index contributed by atoms with van der Waals surface area (Å²) >= 11 is 0. The molecule has 62 heavy (non-hydrogen) atoms. The van der Waals surface area contributed by atoms with E-state index in [1.807, 2.05) is 72.8 Å². The molecular weight excluding hydrogens is 757 g/mol. The zero-order valence-corrected chi connectivity index (χ0v) is 33.7. The zero-order valence-electron chi connectivity index (χ0n) is 33.7. The summed E-state index contributed by atoms with van der Waals surface area (Å²) in [5.41, 5.74) is 10.7. The van der Waals surface area contributed by atoms with E-state index in [-0.39, 0.29) is 12.3 Å². The molecule has 2 N–H and O–H groups in total. The average Bonchev–Trinajstić information content (AvgIpc) is 3.37. The van der Waals surface area contributed by atoms with E-state index in [2.05, 4.69) is 156 Å². The van der Waals surface area contributed by atoms with Gasteiger partial charge < -0.3 is 5.32 Å². The van der Waals surface area contributed by atoms with Crippen LogP contribution >= 0.6 is 0 Å². The Bertz CT molecular complexity index is 3150. The molecule has 6 nitrogen and oxygen atoms in total. The first-order chi connectivity index (χ1) is 30.7. The van der Waals surface area contributed by atoms with Crippen molar-refractivity contribution in [3.63, 3.8) is 0 Å². The summed E-state index contributed by atoms with van der Waals surface area (Å²) in [7, 11) is 0. The third-order valence-corrected chi connectivity index (χ3v) is 11.6. The highest BCUT2D eigenvalue weighted by Gasteiger charge is 2.26. The fourth-order valence-electron chi connectivity index (χ4n) is 8.59. The molecule has 0 bridgehead atoms. The minimum absolute atomic E-state index is 0.164. The Labute approximate surface area is 360 Å². The van der Waals surface area contributed by atoms with Crippen molar-refractivity contribution in [3.05, 3.63) is 235 Å². The molecule has 2 atom stereocenters. The predicted octanol–water partition coefficient (Wildman–Crippen LogP) is 12.8. The molecule has 0 radical (unpaired) electrons. The number of nitrogens with one attached hydrogen (secondary N) is 2. The van der Waals surface area contributed by atoms with E-state index in [4.69, 9.17) is 19.9 Å².